The Balaban J connectivity index is 1.07. The molecule has 0 aromatic rings. The fraction of sp³-hybridized carbons (Fsp3) is 1.00. The SMILES string of the molecule is OC[C@H]1O[C@@H]2O[C@H]3[C@H](O)[C@@H](O)[C@@H](O[C@H]4[C@H](O)[C@@H](O)[C@@H](O[C@H]5C[C@@H](O)[C@@H](O[C@H]6[C@H](O)[C@@H](O)[C@@H](O[C@H]7[C@H](O)[C@@H](O)[C@@H](O[C@H]8[C@H](O)[C@@H](O)[C@@H](O[C@H]1[C@H](O)[C@H]2O)O[C@@H]8CO)O[C@@H]7CO)O[C@@H]6CO)O[C@@H]5CO)O[C@@H]4CO)O[C@@H]3CO. The van der Waals surface area contributed by atoms with E-state index in [2.05, 4.69) is 0 Å². The van der Waals surface area contributed by atoms with E-state index in [1.165, 1.54) is 0 Å². The van der Waals surface area contributed by atoms with E-state index in [1.54, 1.807) is 0 Å². The van der Waals surface area contributed by atoms with Crippen LogP contribution in [0, 0.1) is 0 Å². The summed E-state index contributed by atoms with van der Waals surface area (Å²) in [5.74, 6) is 0. The molecule has 0 amide bonds. The first-order chi connectivity index (χ1) is 36.2. The molecule has 34 heteroatoms. The normalized spacial score (nSPS) is 54.9. The molecule has 442 valence electrons. The van der Waals surface area contributed by atoms with Crippen LogP contribution in [0.2, 0.25) is 0 Å². The minimum atomic E-state index is -2.19. The van der Waals surface area contributed by atoms with Crippen molar-refractivity contribution in [1.29, 1.82) is 0 Å². The van der Waals surface area contributed by atoms with Gasteiger partial charge in [0.1, 0.15) is 159 Å². The number of rotatable bonds is 7. The molecule has 76 heavy (non-hydrogen) atoms. The van der Waals surface area contributed by atoms with E-state index >= 15 is 0 Å². The molecule has 0 spiro atoms. The maximum absolute atomic E-state index is 11.3. The quantitative estimate of drug-likeness (QED) is 0.113. The lowest BCUT2D eigenvalue weighted by atomic mass is 9.95. The van der Waals surface area contributed by atoms with E-state index in [4.69, 9.17) is 66.3 Å². The molecule has 0 radical (unpaired) electrons. The van der Waals surface area contributed by atoms with Gasteiger partial charge in [0.05, 0.1) is 52.4 Å². The summed E-state index contributed by atoms with van der Waals surface area (Å²) in [6, 6.07) is 0. The highest BCUT2D eigenvalue weighted by atomic mass is 16.8. The smallest absolute Gasteiger partial charge is 0.187 e. The fourth-order valence-electron chi connectivity index (χ4n) is 10.4. The van der Waals surface area contributed by atoms with Gasteiger partial charge >= 0.3 is 0 Å². The molecule has 14 bridgehead atoms. The average Bonchev–Trinajstić information content (AvgIpc) is 3.42. The summed E-state index contributed by atoms with van der Waals surface area (Å²) in [7, 11) is 0. The van der Waals surface area contributed by atoms with Crippen molar-refractivity contribution in [3.8, 4) is 0 Å². The highest BCUT2D eigenvalue weighted by Gasteiger charge is 2.59. The Kier molecular flexibility index (Phi) is 20.6. The first-order valence-electron chi connectivity index (χ1n) is 24.5. The van der Waals surface area contributed by atoms with E-state index in [-0.39, 0.29) is 0 Å². The largest absolute Gasteiger partial charge is 0.394 e. The van der Waals surface area contributed by atoms with Crippen LogP contribution in [0.3, 0.4) is 0 Å². The lowest BCUT2D eigenvalue weighted by molar-refractivity contribution is -0.396. The third-order valence-corrected chi connectivity index (χ3v) is 14.7. The zero-order valence-electron chi connectivity index (χ0n) is 39.9. The second-order valence-corrected chi connectivity index (χ2v) is 19.5. The molecule has 21 fully saturated rings. The standard InChI is InChI=1S/C42H70O34/c43-2-11-10-1-9(50)36(64-11)71-30-12(3-44)66-38(25(58)19(30)52)73-32-14(5-46)68-40(27(60)21(32)54)75-34-16(7-48)70-42(29(62)23(34)56)76-35-17(8-49)69-41(28(61)22(35)55)74-33-15(6-47)67-39(26(59)20(33)53)72-31-13(4-45)65-37(63-10)24(57)18(31)51/h9-62H,1-8H2/t9-,10+,11-,12-,13-,14-,15-,16-,17-,18-,19-,20-,21-,22-,23-,24-,25-,26-,27-,28-,29-,30-,31-,32-,33-,34-,35-,36-,37+,38-,39-,40-,41-,42-/m1/s1. The van der Waals surface area contributed by atoms with Crippen LogP contribution in [0.25, 0.3) is 0 Å². The summed E-state index contributed by atoms with van der Waals surface area (Å²) in [5, 5.41) is 219. The first-order valence-corrected chi connectivity index (χ1v) is 24.5. The van der Waals surface area contributed by atoms with Gasteiger partial charge < -0.3 is 168 Å². The topological polar surface area (TPSA) is 534 Å². The summed E-state index contributed by atoms with van der Waals surface area (Å²) in [5.41, 5.74) is 0. The maximum Gasteiger partial charge on any atom is 0.187 e. The predicted molar refractivity (Wildman–Crippen MR) is 227 cm³/mol. The maximum atomic E-state index is 11.3. The van der Waals surface area contributed by atoms with Crippen LogP contribution in [0.1, 0.15) is 6.42 Å². The van der Waals surface area contributed by atoms with Gasteiger partial charge in [-0.15, -0.1) is 0 Å². The molecule has 0 aliphatic carbocycles. The van der Waals surface area contributed by atoms with Crippen LogP contribution in [0.4, 0.5) is 0 Å². The van der Waals surface area contributed by atoms with Crippen LogP contribution in [0.5, 0.6) is 0 Å². The number of ether oxygens (including phenoxy) is 14. The summed E-state index contributed by atoms with van der Waals surface area (Å²) >= 11 is 0. The highest BCUT2D eigenvalue weighted by molar-refractivity contribution is 5.01. The third kappa shape index (κ3) is 11.9. The Labute approximate surface area is 429 Å². The predicted octanol–water partition coefficient (Wildman–Crippen LogP) is -14.2. The van der Waals surface area contributed by atoms with Crippen LogP contribution in [-0.2, 0) is 66.3 Å². The number of aliphatic hydroxyl groups excluding tert-OH is 20. The van der Waals surface area contributed by atoms with Crippen molar-refractivity contribution in [2.45, 2.75) is 215 Å². The Morgan fingerprint density at radius 2 is 0.395 bits per heavy atom. The first kappa shape index (κ1) is 60.7. The molecular weight excluding hydrogens is 1050 g/mol. The van der Waals surface area contributed by atoms with E-state index in [0.717, 1.165) is 0 Å². The molecule has 21 saturated heterocycles. The minimum absolute atomic E-state index is 0.504. The summed E-state index contributed by atoms with van der Waals surface area (Å²) in [4.78, 5) is 0. The molecular formula is C42H70O34. The van der Waals surface area contributed by atoms with E-state index in [0.29, 0.717) is 0 Å². The van der Waals surface area contributed by atoms with Gasteiger partial charge in [-0.1, -0.05) is 0 Å². The molecule has 20 N–H and O–H groups in total. The van der Waals surface area contributed by atoms with Crippen molar-refractivity contribution in [2.75, 3.05) is 46.2 Å². The Bertz CT molecular complexity index is 1780. The van der Waals surface area contributed by atoms with Gasteiger partial charge in [0.2, 0.25) is 0 Å². The van der Waals surface area contributed by atoms with Crippen LogP contribution >= 0.6 is 0 Å². The van der Waals surface area contributed by atoms with Crippen molar-refractivity contribution in [3.63, 3.8) is 0 Å². The summed E-state index contributed by atoms with van der Waals surface area (Å²) < 4.78 is 80.0. The number of hydrogen-bond acceptors (Lipinski definition) is 34. The second kappa shape index (κ2) is 25.8. The third-order valence-electron chi connectivity index (χ3n) is 14.7. The monoisotopic (exact) mass is 1120 g/mol. The molecule has 21 aliphatic heterocycles. The highest BCUT2D eigenvalue weighted by Crippen LogP contribution is 2.38. The molecule has 21 rings (SSSR count). The molecule has 0 aromatic heterocycles. The second-order valence-electron chi connectivity index (χ2n) is 19.5. The number of aliphatic hydroxyl groups is 20. The Hall–Kier alpha value is -1.36. The lowest BCUT2D eigenvalue weighted by Gasteiger charge is -2.50. The van der Waals surface area contributed by atoms with E-state index < -0.39 is 262 Å². The van der Waals surface area contributed by atoms with Crippen LogP contribution in [-0.4, -0.2) is 357 Å². The van der Waals surface area contributed by atoms with E-state index in [1.807, 2.05) is 0 Å². The van der Waals surface area contributed by atoms with Gasteiger partial charge in [-0.2, -0.15) is 0 Å². The molecule has 0 saturated carbocycles. The van der Waals surface area contributed by atoms with Gasteiger partial charge in [0.25, 0.3) is 0 Å². The van der Waals surface area contributed by atoms with Gasteiger partial charge in [0.15, 0.2) is 44.0 Å². The van der Waals surface area contributed by atoms with Crippen LogP contribution < -0.4 is 0 Å². The average molecular weight is 1120 g/mol. The molecule has 34 atom stereocenters. The number of hydrogen-bond donors (Lipinski definition) is 20. The van der Waals surface area contributed by atoms with Crippen LogP contribution in [0.15, 0.2) is 0 Å². The van der Waals surface area contributed by atoms with Gasteiger partial charge in [0, 0.05) is 6.42 Å². The van der Waals surface area contributed by atoms with Gasteiger partial charge in [-0.25, -0.2) is 0 Å². The van der Waals surface area contributed by atoms with Crippen molar-refractivity contribution >= 4 is 0 Å². The Morgan fingerprint density at radius 1 is 0.211 bits per heavy atom. The summed E-state index contributed by atoms with van der Waals surface area (Å²) in [6.07, 6.45) is -65.6. The Morgan fingerprint density at radius 3 is 0.605 bits per heavy atom. The molecule has 21 aliphatic rings. The zero-order chi connectivity index (χ0) is 55.2. The van der Waals surface area contributed by atoms with Crippen molar-refractivity contribution in [2.24, 2.45) is 0 Å². The molecule has 21 heterocycles. The van der Waals surface area contributed by atoms with Gasteiger partial charge in [-0.3, -0.25) is 0 Å². The van der Waals surface area contributed by atoms with Gasteiger partial charge in [-0.05, 0) is 0 Å². The molecule has 34 nitrogen and oxygen atoms in total. The zero-order valence-corrected chi connectivity index (χ0v) is 39.9. The lowest BCUT2D eigenvalue weighted by Crippen LogP contribution is -2.68. The minimum Gasteiger partial charge on any atom is -0.394 e. The van der Waals surface area contributed by atoms with E-state index in [9.17, 15) is 102 Å². The van der Waals surface area contributed by atoms with Crippen molar-refractivity contribution < 1.29 is 168 Å². The van der Waals surface area contributed by atoms with Crippen molar-refractivity contribution in [3.05, 3.63) is 0 Å². The molecule has 0 aromatic carbocycles. The van der Waals surface area contributed by atoms with Crippen molar-refractivity contribution in [1.82, 2.24) is 0 Å². The molecule has 0 unspecified atom stereocenters. The fourth-order valence-corrected chi connectivity index (χ4v) is 10.4. The summed E-state index contributed by atoms with van der Waals surface area (Å²) in [6.45, 7) is -6.95.